The van der Waals surface area contributed by atoms with Crippen molar-refractivity contribution in [3.8, 4) is 11.1 Å². The predicted octanol–water partition coefficient (Wildman–Crippen LogP) is 4.76. The van der Waals surface area contributed by atoms with Crippen molar-refractivity contribution in [1.29, 1.82) is 0 Å². The number of carbonyl (C=O) groups is 2. The van der Waals surface area contributed by atoms with Gasteiger partial charge < -0.3 is 15.2 Å². The Morgan fingerprint density at radius 1 is 1.10 bits per heavy atom. The topological polar surface area (TPSA) is 78.9 Å². The molecule has 6 nitrogen and oxygen atoms in total. The minimum atomic E-state index is -1.09. The van der Waals surface area contributed by atoms with Crippen molar-refractivity contribution in [2.24, 2.45) is 0 Å². The smallest absolute Gasteiger partial charge is 0.371 e. The van der Waals surface area contributed by atoms with Gasteiger partial charge in [0.25, 0.3) is 0 Å². The average molecular weight is 396 g/mol. The zero-order valence-corrected chi connectivity index (χ0v) is 17.1. The number of carboxylic acid groups (broad SMARTS) is 1. The SMILES string of the molecule is CCCCNC(=O)N(C)c1cccc(-c2ccc(C=C(OCC)C(=O)O)cc2)c1. The lowest BCUT2D eigenvalue weighted by atomic mass is 10.0. The quantitative estimate of drug-likeness (QED) is 0.364. The first-order valence-electron chi connectivity index (χ1n) is 9.76. The van der Waals surface area contributed by atoms with E-state index in [0.29, 0.717) is 13.2 Å². The number of amides is 2. The van der Waals surface area contributed by atoms with Crippen LogP contribution in [0.25, 0.3) is 17.2 Å². The maximum absolute atomic E-state index is 12.3. The second-order valence-electron chi connectivity index (χ2n) is 6.56. The molecular weight excluding hydrogens is 368 g/mol. The van der Waals surface area contributed by atoms with Crippen LogP contribution in [-0.4, -0.2) is 37.3 Å². The molecule has 2 amide bonds. The molecule has 0 unspecified atom stereocenters. The summed E-state index contributed by atoms with van der Waals surface area (Å²) in [7, 11) is 1.75. The Bertz CT molecular complexity index is 859. The normalized spacial score (nSPS) is 11.1. The molecule has 2 rings (SSSR count). The number of ether oxygens (including phenoxy) is 1. The standard InChI is InChI=1S/C23H28N2O4/c1-4-6-14-24-23(28)25(3)20-9-7-8-19(16-20)18-12-10-17(11-13-18)15-21(22(26)27)29-5-2/h7-13,15-16H,4-6,14H2,1-3H3,(H,24,28)(H,26,27). The Labute approximate surface area is 171 Å². The lowest BCUT2D eigenvalue weighted by Crippen LogP contribution is -2.37. The number of hydrogen-bond acceptors (Lipinski definition) is 3. The number of carboxylic acids is 1. The molecule has 0 heterocycles. The number of carbonyl (C=O) groups excluding carboxylic acids is 1. The van der Waals surface area contributed by atoms with Crippen LogP contribution in [0.5, 0.6) is 0 Å². The average Bonchev–Trinajstić information content (AvgIpc) is 2.73. The molecule has 154 valence electrons. The molecule has 0 atom stereocenters. The van der Waals surface area contributed by atoms with Crippen molar-refractivity contribution in [3.05, 3.63) is 59.9 Å². The molecule has 2 aromatic rings. The van der Waals surface area contributed by atoms with Gasteiger partial charge in [0, 0.05) is 19.3 Å². The molecule has 0 bridgehead atoms. The van der Waals surface area contributed by atoms with Crippen molar-refractivity contribution in [1.82, 2.24) is 5.32 Å². The monoisotopic (exact) mass is 396 g/mol. The van der Waals surface area contributed by atoms with Gasteiger partial charge in [0.05, 0.1) is 6.61 Å². The number of nitrogens with zero attached hydrogens (tertiary/aromatic N) is 1. The minimum Gasteiger partial charge on any atom is -0.487 e. The molecule has 0 saturated carbocycles. The van der Waals surface area contributed by atoms with Gasteiger partial charge in [-0.05, 0) is 48.2 Å². The fraction of sp³-hybridized carbons (Fsp3) is 0.304. The van der Waals surface area contributed by atoms with Gasteiger partial charge in [-0.3, -0.25) is 4.90 Å². The fourth-order valence-corrected chi connectivity index (χ4v) is 2.75. The van der Waals surface area contributed by atoms with Crippen LogP contribution in [0.2, 0.25) is 0 Å². The van der Waals surface area contributed by atoms with E-state index in [0.717, 1.165) is 35.2 Å². The third-order valence-electron chi connectivity index (χ3n) is 4.40. The van der Waals surface area contributed by atoms with Gasteiger partial charge in [0.15, 0.2) is 0 Å². The zero-order valence-electron chi connectivity index (χ0n) is 17.1. The first-order valence-corrected chi connectivity index (χ1v) is 9.76. The van der Waals surface area contributed by atoms with Gasteiger partial charge in [-0.1, -0.05) is 49.7 Å². The van der Waals surface area contributed by atoms with Crippen LogP contribution in [0.1, 0.15) is 32.3 Å². The fourth-order valence-electron chi connectivity index (χ4n) is 2.75. The summed E-state index contributed by atoms with van der Waals surface area (Å²) in [6, 6.07) is 15.1. The molecule has 0 aliphatic carbocycles. The van der Waals surface area contributed by atoms with E-state index in [1.54, 1.807) is 18.9 Å². The highest BCUT2D eigenvalue weighted by atomic mass is 16.5. The number of anilines is 1. The summed E-state index contributed by atoms with van der Waals surface area (Å²) >= 11 is 0. The Morgan fingerprint density at radius 3 is 2.45 bits per heavy atom. The van der Waals surface area contributed by atoms with Gasteiger partial charge in [-0.2, -0.15) is 0 Å². The molecule has 0 radical (unpaired) electrons. The first kappa shape index (κ1) is 22.0. The number of benzene rings is 2. The third kappa shape index (κ3) is 6.38. The minimum absolute atomic E-state index is 0.0852. The second kappa shape index (κ2) is 10.9. The van der Waals surface area contributed by atoms with Crippen LogP contribution in [0.3, 0.4) is 0 Å². The van der Waals surface area contributed by atoms with E-state index in [4.69, 9.17) is 9.84 Å². The number of aliphatic carboxylic acids is 1. The van der Waals surface area contributed by atoms with Crippen LogP contribution < -0.4 is 10.2 Å². The molecule has 0 aromatic heterocycles. The molecule has 6 heteroatoms. The van der Waals surface area contributed by atoms with Crippen molar-refractivity contribution in [3.63, 3.8) is 0 Å². The molecule has 0 aliphatic heterocycles. The second-order valence-corrected chi connectivity index (χ2v) is 6.56. The molecule has 0 spiro atoms. The van der Waals surface area contributed by atoms with Crippen LogP contribution in [-0.2, 0) is 9.53 Å². The summed E-state index contributed by atoms with van der Waals surface area (Å²) in [4.78, 5) is 25.1. The van der Waals surface area contributed by atoms with Gasteiger partial charge >= 0.3 is 12.0 Å². The highest BCUT2D eigenvalue weighted by molar-refractivity contribution is 5.92. The van der Waals surface area contributed by atoms with Crippen LogP contribution in [0.4, 0.5) is 10.5 Å². The molecule has 2 aromatic carbocycles. The lowest BCUT2D eigenvalue weighted by molar-refractivity contribution is -0.136. The van der Waals surface area contributed by atoms with E-state index in [2.05, 4.69) is 12.2 Å². The molecule has 0 aliphatic rings. The van der Waals surface area contributed by atoms with E-state index < -0.39 is 5.97 Å². The third-order valence-corrected chi connectivity index (χ3v) is 4.40. The summed E-state index contributed by atoms with van der Waals surface area (Å²) in [5.74, 6) is -1.18. The Kier molecular flexibility index (Phi) is 8.27. The number of hydrogen-bond donors (Lipinski definition) is 2. The maximum Gasteiger partial charge on any atom is 0.371 e. The van der Waals surface area contributed by atoms with E-state index in [9.17, 15) is 9.59 Å². The summed E-state index contributed by atoms with van der Waals surface area (Å²) in [6.45, 7) is 4.78. The molecule has 29 heavy (non-hydrogen) atoms. The van der Waals surface area contributed by atoms with Crippen LogP contribution in [0, 0.1) is 0 Å². The van der Waals surface area contributed by atoms with E-state index in [-0.39, 0.29) is 11.8 Å². The Hall–Kier alpha value is -3.28. The van der Waals surface area contributed by atoms with E-state index >= 15 is 0 Å². The first-order chi connectivity index (χ1) is 14.0. The van der Waals surface area contributed by atoms with Crippen molar-refractivity contribution < 1.29 is 19.4 Å². The number of urea groups is 1. The van der Waals surface area contributed by atoms with Crippen molar-refractivity contribution in [2.75, 3.05) is 25.1 Å². The molecule has 0 saturated heterocycles. The maximum atomic E-state index is 12.3. The number of unbranched alkanes of at least 4 members (excludes halogenated alkanes) is 1. The number of rotatable bonds is 9. The Morgan fingerprint density at radius 2 is 1.83 bits per heavy atom. The van der Waals surface area contributed by atoms with Gasteiger partial charge in [0.1, 0.15) is 0 Å². The van der Waals surface area contributed by atoms with Gasteiger partial charge in [0.2, 0.25) is 5.76 Å². The van der Waals surface area contributed by atoms with Gasteiger partial charge in [-0.25, -0.2) is 9.59 Å². The molecule has 0 fully saturated rings. The lowest BCUT2D eigenvalue weighted by Gasteiger charge is -2.19. The predicted molar refractivity (Wildman–Crippen MR) is 116 cm³/mol. The Balaban J connectivity index is 2.17. The van der Waals surface area contributed by atoms with E-state index in [1.165, 1.54) is 6.08 Å². The van der Waals surface area contributed by atoms with Gasteiger partial charge in [-0.15, -0.1) is 0 Å². The highest BCUT2D eigenvalue weighted by Gasteiger charge is 2.11. The highest BCUT2D eigenvalue weighted by Crippen LogP contribution is 2.25. The molecular formula is C23H28N2O4. The van der Waals surface area contributed by atoms with Crippen molar-refractivity contribution >= 4 is 23.8 Å². The zero-order chi connectivity index (χ0) is 21.2. The summed E-state index contributed by atoms with van der Waals surface area (Å²) in [6.07, 6.45) is 3.48. The number of nitrogens with one attached hydrogen (secondary N) is 1. The largest absolute Gasteiger partial charge is 0.487 e. The van der Waals surface area contributed by atoms with Crippen molar-refractivity contribution in [2.45, 2.75) is 26.7 Å². The molecule has 2 N–H and O–H groups in total. The van der Waals surface area contributed by atoms with Crippen LogP contribution >= 0.6 is 0 Å². The summed E-state index contributed by atoms with van der Waals surface area (Å²) < 4.78 is 5.14. The van der Waals surface area contributed by atoms with E-state index in [1.807, 2.05) is 48.5 Å². The summed E-state index contributed by atoms with van der Waals surface area (Å²) in [5.41, 5.74) is 3.47. The van der Waals surface area contributed by atoms with Crippen LogP contribution in [0.15, 0.2) is 54.3 Å². The summed E-state index contributed by atoms with van der Waals surface area (Å²) in [5, 5.41) is 12.1.